The third-order valence-electron chi connectivity index (χ3n) is 15.5. The van der Waals surface area contributed by atoms with Gasteiger partial charge in [-0.25, -0.2) is 0 Å². The Bertz CT molecular complexity index is 4070. The molecule has 1 nitrogen and oxygen atoms in total. The van der Waals surface area contributed by atoms with Gasteiger partial charge in [0, 0.05) is 42.4 Å². The Kier molecular flexibility index (Phi) is 10.7. The Morgan fingerprint density at radius 3 is 1.71 bits per heavy atom. The topological polar surface area (TPSA) is 3.24 Å². The van der Waals surface area contributed by atoms with Gasteiger partial charge in [0.2, 0.25) is 0 Å². The first kappa shape index (κ1) is 44.6. The summed E-state index contributed by atoms with van der Waals surface area (Å²) in [5, 5.41) is 5.01. The van der Waals surface area contributed by atoms with Crippen LogP contribution in [0.3, 0.4) is 0 Å². The van der Waals surface area contributed by atoms with E-state index in [-0.39, 0.29) is 10.8 Å². The van der Waals surface area contributed by atoms with Gasteiger partial charge >= 0.3 is 0 Å². The van der Waals surface area contributed by atoms with Crippen molar-refractivity contribution in [3.8, 4) is 66.8 Å². The predicted molar refractivity (Wildman–Crippen MR) is 315 cm³/mol. The van der Waals surface area contributed by atoms with Gasteiger partial charge in [-0.3, -0.25) is 0 Å². The van der Waals surface area contributed by atoms with E-state index in [9.17, 15) is 0 Å². The molecule has 0 saturated heterocycles. The van der Waals surface area contributed by atoms with Gasteiger partial charge < -0.3 is 4.90 Å². The number of fused-ring (bicyclic) bond motifs is 7. The Balaban J connectivity index is 1.06. The molecule has 1 aromatic heterocycles. The van der Waals surface area contributed by atoms with E-state index in [0.717, 1.165) is 28.2 Å². The molecule has 12 aromatic rings. The van der Waals surface area contributed by atoms with Crippen molar-refractivity contribution in [3.05, 3.63) is 259 Å². The monoisotopic (exact) mass is 953 g/mol. The molecule has 0 fully saturated rings. The smallest absolute Gasteiger partial charge is 0.0546 e. The molecule has 0 aliphatic heterocycles. The van der Waals surface area contributed by atoms with Gasteiger partial charge in [0.1, 0.15) is 0 Å². The lowest BCUT2D eigenvalue weighted by molar-refractivity contribution is 0.590. The molecule has 0 atom stereocenters. The Morgan fingerprint density at radius 1 is 0.370 bits per heavy atom. The summed E-state index contributed by atoms with van der Waals surface area (Å²) in [4.78, 5) is 2.56. The van der Waals surface area contributed by atoms with Crippen LogP contribution in [0.15, 0.2) is 243 Å². The van der Waals surface area contributed by atoms with E-state index >= 15 is 0 Å². The summed E-state index contributed by atoms with van der Waals surface area (Å²) >= 11 is 1.87. The van der Waals surface area contributed by atoms with E-state index in [1.54, 1.807) is 0 Å². The summed E-state index contributed by atoms with van der Waals surface area (Å²) in [5.41, 5.74) is 21.9. The van der Waals surface area contributed by atoms with Gasteiger partial charge in [0.15, 0.2) is 0 Å². The van der Waals surface area contributed by atoms with Crippen molar-refractivity contribution in [3.63, 3.8) is 0 Å². The third kappa shape index (κ3) is 7.59. The van der Waals surface area contributed by atoms with Crippen LogP contribution in [0.2, 0.25) is 0 Å². The van der Waals surface area contributed by atoms with E-state index < -0.39 is 0 Å². The molecule has 11 aromatic carbocycles. The number of hydrogen-bond donors (Lipinski definition) is 0. The molecule has 0 amide bonds. The van der Waals surface area contributed by atoms with Crippen molar-refractivity contribution in [2.75, 3.05) is 4.90 Å². The van der Waals surface area contributed by atoms with Crippen molar-refractivity contribution < 1.29 is 0 Å². The van der Waals surface area contributed by atoms with Crippen molar-refractivity contribution in [2.45, 2.75) is 45.4 Å². The lowest BCUT2D eigenvalue weighted by atomic mass is 9.82. The molecule has 1 aliphatic carbocycles. The second-order valence-electron chi connectivity index (χ2n) is 21.2. The first-order valence-electron chi connectivity index (χ1n) is 25.6. The Morgan fingerprint density at radius 2 is 0.945 bits per heavy atom. The minimum absolute atomic E-state index is 0.110. The van der Waals surface area contributed by atoms with Gasteiger partial charge in [-0.2, -0.15) is 0 Å². The van der Waals surface area contributed by atoms with E-state index in [2.05, 4.69) is 282 Å². The van der Waals surface area contributed by atoms with Gasteiger partial charge in [0.05, 0.1) is 11.4 Å². The summed E-state index contributed by atoms with van der Waals surface area (Å²) in [5.74, 6) is 0. The third-order valence-corrected chi connectivity index (χ3v) is 16.6. The van der Waals surface area contributed by atoms with Crippen LogP contribution in [0.4, 0.5) is 17.1 Å². The van der Waals surface area contributed by atoms with Crippen molar-refractivity contribution in [2.24, 2.45) is 0 Å². The minimum atomic E-state index is -0.128. The number of anilines is 3. The summed E-state index contributed by atoms with van der Waals surface area (Å²) in [7, 11) is 0. The largest absolute Gasteiger partial charge is 0.309 e. The average Bonchev–Trinajstić information content (AvgIpc) is 3.93. The first-order valence-corrected chi connectivity index (χ1v) is 26.4. The maximum atomic E-state index is 2.56. The van der Waals surface area contributed by atoms with Crippen LogP contribution >= 0.6 is 11.3 Å². The van der Waals surface area contributed by atoms with Crippen LogP contribution in [0.25, 0.3) is 97.7 Å². The molecule has 0 saturated carbocycles. The molecule has 13 rings (SSSR count). The fraction of sp³-hybridized carbons (Fsp3) is 0.0986. The molecule has 73 heavy (non-hydrogen) atoms. The quantitative estimate of drug-likeness (QED) is 0.147. The summed E-state index contributed by atoms with van der Waals surface area (Å²) in [6.07, 6.45) is 0. The van der Waals surface area contributed by atoms with Crippen molar-refractivity contribution in [1.82, 2.24) is 0 Å². The van der Waals surface area contributed by atoms with Crippen LogP contribution in [0.1, 0.15) is 51.3 Å². The molecule has 0 radical (unpaired) electrons. The number of rotatable bonds is 8. The molecule has 1 heterocycles. The molecule has 0 unspecified atom stereocenters. The fourth-order valence-corrected chi connectivity index (χ4v) is 12.8. The van der Waals surface area contributed by atoms with Gasteiger partial charge in [-0.1, -0.05) is 235 Å². The molecular weight excluding hydrogens is 899 g/mol. The Labute approximate surface area is 433 Å². The van der Waals surface area contributed by atoms with Crippen molar-refractivity contribution >= 4 is 59.3 Å². The maximum absolute atomic E-state index is 2.56. The highest BCUT2D eigenvalue weighted by Crippen LogP contribution is 2.54. The van der Waals surface area contributed by atoms with Crippen LogP contribution in [0.5, 0.6) is 0 Å². The van der Waals surface area contributed by atoms with Crippen LogP contribution in [-0.2, 0) is 10.8 Å². The highest BCUT2D eigenvalue weighted by atomic mass is 32.1. The van der Waals surface area contributed by atoms with E-state index in [0.29, 0.717) is 0 Å². The molecular formula is C71H55NS. The lowest BCUT2D eigenvalue weighted by Gasteiger charge is -2.32. The predicted octanol–water partition coefficient (Wildman–Crippen LogP) is 20.6. The number of benzene rings is 11. The highest BCUT2D eigenvalue weighted by molar-refractivity contribution is 7.25. The number of nitrogens with zero attached hydrogens (tertiary/aromatic N) is 1. The maximum Gasteiger partial charge on any atom is 0.0546 e. The average molecular weight is 954 g/mol. The summed E-state index contributed by atoms with van der Waals surface area (Å²) in [6, 6.07) is 90.8. The van der Waals surface area contributed by atoms with Crippen LogP contribution in [0, 0.1) is 0 Å². The molecule has 1 aliphatic rings. The van der Waals surface area contributed by atoms with E-state index in [4.69, 9.17) is 0 Å². The second kappa shape index (κ2) is 17.5. The lowest BCUT2D eigenvalue weighted by Crippen LogP contribution is -2.16. The minimum Gasteiger partial charge on any atom is -0.309 e. The SMILES string of the molecule is CC(C)(C)c1ccc(-c2ccc(-c3ccc(N(c4ccc5c(c4)-c4ccccc4C5(C)C)c4ccc5ccccc5c4-c4ccccc4-c4cccc5sc6ccccc6c45)c(-c4ccccc4)c3)cc2)cc1. The summed E-state index contributed by atoms with van der Waals surface area (Å²) in [6.45, 7) is 11.5. The zero-order valence-corrected chi connectivity index (χ0v) is 42.8. The normalized spacial score (nSPS) is 12.8. The van der Waals surface area contributed by atoms with E-state index in [1.165, 1.54) is 103 Å². The highest BCUT2D eigenvalue weighted by Gasteiger charge is 2.36. The molecule has 350 valence electrons. The zero-order valence-electron chi connectivity index (χ0n) is 41.9. The van der Waals surface area contributed by atoms with Crippen LogP contribution in [-0.4, -0.2) is 0 Å². The van der Waals surface area contributed by atoms with Crippen molar-refractivity contribution in [1.29, 1.82) is 0 Å². The second-order valence-corrected chi connectivity index (χ2v) is 22.3. The van der Waals surface area contributed by atoms with E-state index in [1.807, 2.05) is 11.3 Å². The molecule has 0 bridgehead atoms. The van der Waals surface area contributed by atoms with Crippen LogP contribution < -0.4 is 4.90 Å². The standard InChI is InChI=1S/C71H55NS/c1-70(2,3)52-38-34-47(35-39-52)46-30-32-48(33-31-46)51-37-42-64(60(44-51)49-18-7-6-8-19-49)72(53-40-41-63-61(45-53)56-23-13-15-27-62(56)71(63,4)5)65-43-36-50-20-9-10-21-54(50)68(65)57-24-12-11-22-55(57)58-26-17-29-67-69(58)59-25-14-16-28-66(59)73-67/h6-45H,1-5H3. The van der Waals surface area contributed by atoms with Gasteiger partial charge in [-0.05, 0) is 131 Å². The van der Waals surface area contributed by atoms with Gasteiger partial charge in [0.25, 0.3) is 0 Å². The molecule has 0 N–H and O–H groups in total. The molecule has 2 heteroatoms. The zero-order chi connectivity index (χ0) is 49.4. The number of hydrogen-bond acceptors (Lipinski definition) is 2. The number of thiophene rings is 1. The Hall–Kier alpha value is -8.30. The first-order chi connectivity index (χ1) is 35.6. The summed E-state index contributed by atoms with van der Waals surface area (Å²) < 4.78 is 2.60. The molecule has 0 spiro atoms. The van der Waals surface area contributed by atoms with Gasteiger partial charge in [-0.15, -0.1) is 11.3 Å². The fourth-order valence-electron chi connectivity index (χ4n) is 11.7.